The normalized spacial score (nSPS) is 12.1. The first-order valence-corrected chi connectivity index (χ1v) is 12.1. The Bertz CT molecular complexity index is 1720. The molecule has 4 aromatic heterocycles. The van der Waals surface area contributed by atoms with Crippen LogP contribution in [0.4, 0.5) is 5.82 Å². The van der Waals surface area contributed by atoms with Crippen molar-refractivity contribution in [1.82, 2.24) is 29.1 Å². The van der Waals surface area contributed by atoms with Crippen LogP contribution >= 0.6 is 11.6 Å². The van der Waals surface area contributed by atoms with Crippen molar-refractivity contribution in [3.05, 3.63) is 81.9 Å². The van der Waals surface area contributed by atoms with Gasteiger partial charge in [-0.15, -0.1) is 5.50 Å². The van der Waals surface area contributed by atoms with Gasteiger partial charge in [-0.3, -0.25) is 9.36 Å². The quantitative estimate of drug-likeness (QED) is 0.349. The minimum Gasteiger partial charge on any atom is -0.345 e. The Balaban J connectivity index is 1.82. The summed E-state index contributed by atoms with van der Waals surface area (Å²) >= 11 is 6.36. The van der Waals surface area contributed by atoms with E-state index in [0.29, 0.717) is 45.5 Å². The number of rotatable bonds is 6. The van der Waals surface area contributed by atoms with Crippen molar-refractivity contribution in [3.63, 3.8) is 0 Å². The van der Waals surface area contributed by atoms with Crippen molar-refractivity contribution >= 4 is 43.7 Å². The van der Waals surface area contributed by atoms with Gasteiger partial charge in [0.25, 0.3) is 5.56 Å². The first kappa shape index (κ1) is 23.6. The molecule has 0 aliphatic carbocycles. The zero-order chi connectivity index (χ0) is 25.4. The van der Waals surface area contributed by atoms with Crippen LogP contribution in [0.3, 0.4) is 0 Å². The highest BCUT2D eigenvalue weighted by atomic mass is 35.5. The van der Waals surface area contributed by atoms with E-state index in [4.69, 9.17) is 16.7 Å². The van der Waals surface area contributed by atoms with Crippen LogP contribution in [-0.2, 0) is 0 Å². The molecular formula is C25H20ClN8OSi. The average molecular weight is 512 g/mol. The number of nitriles is 1. The largest absolute Gasteiger partial charge is 0.345 e. The van der Waals surface area contributed by atoms with Crippen molar-refractivity contribution < 1.29 is 0 Å². The molecule has 0 bridgehead atoms. The number of benzene rings is 1. The van der Waals surface area contributed by atoms with E-state index < -0.39 is 6.04 Å². The molecule has 1 atom stereocenters. The highest BCUT2D eigenvalue weighted by molar-refractivity contribution is 6.33. The third-order valence-electron chi connectivity index (χ3n) is 5.77. The second kappa shape index (κ2) is 9.47. The molecule has 0 amide bonds. The highest BCUT2D eigenvalue weighted by Crippen LogP contribution is 2.33. The van der Waals surface area contributed by atoms with Crippen LogP contribution in [0, 0.1) is 22.7 Å². The second-order valence-corrected chi connectivity index (χ2v) is 9.32. The average Bonchev–Trinajstić information content (AvgIpc) is 3.47. The third-order valence-corrected chi connectivity index (χ3v) is 6.35. The van der Waals surface area contributed by atoms with Crippen LogP contribution in [0.15, 0.2) is 59.9 Å². The number of halogens is 1. The Morgan fingerprint density at radius 2 is 2.00 bits per heavy atom. The molecule has 5 aromatic rings. The van der Waals surface area contributed by atoms with Crippen LogP contribution < -0.4 is 10.5 Å². The molecule has 0 saturated carbocycles. The lowest BCUT2D eigenvalue weighted by Gasteiger charge is -2.32. The zero-order valence-corrected chi connectivity index (χ0v) is 21.2. The van der Waals surface area contributed by atoms with Crippen LogP contribution in [0.1, 0.15) is 31.3 Å². The van der Waals surface area contributed by atoms with Gasteiger partial charge < -0.3 is 9.88 Å². The van der Waals surface area contributed by atoms with Crippen molar-refractivity contribution in [2.45, 2.75) is 19.9 Å². The number of hydrogen-bond donors (Lipinski definition) is 1. The molecule has 1 unspecified atom stereocenters. The van der Waals surface area contributed by atoms with Crippen LogP contribution in [-0.4, -0.2) is 45.4 Å². The molecule has 0 spiro atoms. The van der Waals surface area contributed by atoms with Gasteiger partial charge in [0.2, 0.25) is 0 Å². The Kier molecular flexibility index (Phi) is 6.20. The van der Waals surface area contributed by atoms with E-state index in [1.54, 1.807) is 18.5 Å². The maximum absolute atomic E-state index is 13.8. The van der Waals surface area contributed by atoms with Gasteiger partial charge in [-0.05, 0) is 24.1 Å². The minimum atomic E-state index is -0.679. The van der Waals surface area contributed by atoms with E-state index >= 15 is 0 Å². The molecular weight excluding hydrogens is 492 g/mol. The van der Waals surface area contributed by atoms with Gasteiger partial charge in [0, 0.05) is 28.6 Å². The van der Waals surface area contributed by atoms with Crippen molar-refractivity contribution in [2.75, 3.05) is 11.4 Å². The number of fused-ring (bicyclic) bond motifs is 2. The van der Waals surface area contributed by atoms with E-state index in [0.717, 1.165) is 0 Å². The first-order valence-electron chi connectivity index (χ1n) is 11.2. The summed E-state index contributed by atoms with van der Waals surface area (Å²) in [5.74, 6) is 1.12. The molecule has 5 rings (SSSR count). The van der Waals surface area contributed by atoms with Crippen molar-refractivity contribution in [3.8, 4) is 17.3 Å². The highest BCUT2D eigenvalue weighted by Gasteiger charge is 2.30. The summed E-state index contributed by atoms with van der Waals surface area (Å²) in [5.41, 5.74) is 4.69. The molecule has 1 N–H and O–H groups in total. The summed E-state index contributed by atoms with van der Waals surface area (Å²) in [7, 11) is 3.49. The summed E-state index contributed by atoms with van der Waals surface area (Å²) in [6.07, 6.45) is 4.71. The SMILES string of the molecule is CC(C)CN(c1ncnc2[nH]cc(C#N)c12)C(C#[Si])c1nn2ccc(Cl)c2c(=O)n1-c1ccccc1. The molecule has 0 aliphatic rings. The summed E-state index contributed by atoms with van der Waals surface area (Å²) in [6.45, 7) is 4.68. The summed E-state index contributed by atoms with van der Waals surface area (Å²) < 4.78 is 3.02. The fourth-order valence-electron chi connectivity index (χ4n) is 4.29. The number of para-hydroxylation sites is 1. The molecule has 9 nitrogen and oxygen atoms in total. The Morgan fingerprint density at radius 3 is 2.69 bits per heavy atom. The van der Waals surface area contributed by atoms with E-state index in [1.165, 1.54) is 15.4 Å². The van der Waals surface area contributed by atoms with Crippen LogP contribution in [0.2, 0.25) is 5.02 Å². The molecule has 4 heterocycles. The number of anilines is 1. The molecule has 11 heteroatoms. The lowest BCUT2D eigenvalue weighted by molar-refractivity contribution is 0.559. The predicted octanol–water partition coefficient (Wildman–Crippen LogP) is 3.61. The third kappa shape index (κ3) is 3.89. The van der Waals surface area contributed by atoms with Gasteiger partial charge in [0.1, 0.15) is 35.4 Å². The zero-order valence-electron chi connectivity index (χ0n) is 19.5. The van der Waals surface area contributed by atoms with E-state index in [2.05, 4.69) is 50.0 Å². The maximum Gasteiger partial charge on any atom is 0.284 e. The lowest BCUT2D eigenvalue weighted by Crippen LogP contribution is -2.38. The van der Waals surface area contributed by atoms with Crippen LogP contribution in [0.5, 0.6) is 0 Å². The number of aromatic nitrogens is 6. The van der Waals surface area contributed by atoms with E-state index in [9.17, 15) is 10.1 Å². The van der Waals surface area contributed by atoms with E-state index in [1.807, 2.05) is 35.2 Å². The Hall–Kier alpha value is -4.16. The number of hydrogen-bond acceptors (Lipinski definition) is 6. The topological polar surface area (TPSA) is 108 Å². The van der Waals surface area contributed by atoms with Gasteiger partial charge in [0.05, 0.1) is 21.7 Å². The fraction of sp³-hybridized carbons (Fsp3) is 0.200. The van der Waals surface area contributed by atoms with Gasteiger partial charge in [-0.1, -0.05) is 43.6 Å². The maximum atomic E-state index is 13.8. The molecule has 36 heavy (non-hydrogen) atoms. The molecule has 0 saturated heterocycles. The lowest BCUT2D eigenvalue weighted by atomic mass is 10.1. The van der Waals surface area contributed by atoms with Gasteiger partial charge in [-0.25, -0.2) is 14.5 Å². The molecule has 1 radical (unpaired) electrons. The first-order chi connectivity index (χ1) is 17.4. The van der Waals surface area contributed by atoms with Gasteiger partial charge in [-0.2, -0.15) is 10.4 Å². The smallest absolute Gasteiger partial charge is 0.284 e. The van der Waals surface area contributed by atoms with Crippen molar-refractivity contribution in [1.29, 1.82) is 5.26 Å². The Morgan fingerprint density at radius 1 is 1.22 bits per heavy atom. The van der Waals surface area contributed by atoms with Gasteiger partial charge in [0.15, 0.2) is 5.82 Å². The summed E-state index contributed by atoms with van der Waals surface area (Å²) in [4.78, 5) is 27.6. The summed E-state index contributed by atoms with van der Waals surface area (Å²) in [5, 5.41) is 15.4. The number of aromatic amines is 1. The number of H-pyrrole nitrogens is 1. The molecule has 0 aliphatic heterocycles. The standard InChI is InChI=1S/C25H20ClN8OSi/c1-15(2)12-32(24-20-16(10-27)11-28-22(20)29-14-30-24)19(13-36)23-31-33-9-8-18(26)21(33)25(35)34(23)17-6-4-3-5-7-17/h3-9,11,14-15,19H,12H2,1-2H3,(H,28,29,30). The van der Waals surface area contributed by atoms with Crippen LogP contribution in [0.25, 0.3) is 22.2 Å². The fourth-order valence-corrected chi connectivity index (χ4v) is 4.80. The molecule has 177 valence electrons. The summed E-state index contributed by atoms with van der Waals surface area (Å²) in [6, 6.07) is 12.4. The molecule has 1 aromatic carbocycles. The predicted molar refractivity (Wildman–Crippen MR) is 139 cm³/mol. The Labute approximate surface area is 214 Å². The number of nitrogens with one attached hydrogen (secondary N) is 1. The number of nitrogens with zero attached hydrogens (tertiary/aromatic N) is 7. The second-order valence-electron chi connectivity index (χ2n) is 8.62. The van der Waals surface area contributed by atoms with Crippen molar-refractivity contribution in [2.24, 2.45) is 5.92 Å². The minimum absolute atomic E-state index is 0.198. The monoisotopic (exact) mass is 511 g/mol. The van der Waals surface area contributed by atoms with E-state index in [-0.39, 0.29) is 17.0 Å². The molecule has 0 fully saturated rings. The van der Waals surface area contributed by atoms with Gasteiger partial charge >= 0.3 is 0 Å².